The molecule has 92 valence electrons. The molecule has 0 radical (unpaired) electrons. The van der Waals surface area contributed by atoms with E-state index in [9.17, 15) is 0 Å². The van der Waals surface area contributed by atoms with Crippen molar-refractivity contribution < 1.29 is 0 Å². The minimum atomic E-state index is 0.552. The molecule has 1 rings (SSSR count). The van der Waals surface area contributed by atoms with Crippen LogP contribution in [0.3, 0.4) is 0 Å². The normalized spacial score (nSPS) is 15.0. The Hall–Kier alpha value is 0.220. The summed E-state index contributed by atoms with van der Waals surface area (Å²) in [5.74, 6) is 1.76. The van der Waals surface area contributed by atoms with Gasteiger partial charge in [-0.1, -0.05) is 55.1 Å². The third-order valence-corrected chi connectivity index (χ3v) is 5.80. The first-order valence-electron chi connectivity index (χ1n) is 5.38. The standard InChI is InChI=1S/C10H19N3S3/c1-5-7(2)8(11-3)6-15-10-13-12-9(14-4)16-10/h7-8,11H,5-6H2,1-4H3. The zero-order valence-corrected chi connectivity index (χ0v) is 12.6. The van der Waals surface area contributed by atoms with Gasteiger partial charge in [0.1, 0.15) is 0 Å². The van der Waals surface area contributed by atoms with Crippen LogP contribution in [-0.2, 0) is 0 Å². The second-order valence-electron chi connectivity index (χ2n) is 3.63. The summed E-state index contributed by atoms with van der Waals surface area (Å²) in [6.07, 6.45) is 3.24. The molecular weight excluding hydrogens is 258 g/mol. The maximum absolute atomic E-state index is 4.16. The molecule has 0 saturated heterocycles. The molecule has 2 unspecified atom stereocenters. The Morgan fingerprint density at radius 3 is 2.56 bits per heavy atom. The minimum absolute atomic E-state index is 0.552. The smallest absolute Gasteiger partial charge is 0.175 e. The van der Waals surface area contributed by atoms with Gasteiger partial charge in [0, 0.05) is 11.8 Å². The molecule has 1 N–H and O–H groups in total. The Labute approximate surface area is 110 Å². The average molecular weight is 277 g/mol. The van der Waals surface area contributed by atoms with E-state index in [1.165, 1.54) is 6.42 Å². The fraction of sp³-hybridized carbons (Fsp3) is 0.800. The summed E-state index contributed by atoms with van der Waals surface area (Å²) in [4.78, 5) is 0. The van der Waals surface area contributed by atoms with E-state index < -0.39 is 0 Å². The molecule has 1 aromatic rings. The summed E-state index contributed by atoms with van der Waals surface area (Å²) >= 11 is 5.14. The van der Waals surface area contributed by atoms with Crippen molar-refractivity contribution in [1.29, 1.82) is 0 Å². The first kappa shape index (κ1) is 14.3. The van der Waals surface area contributed by atoms with E-state index in [1.54, 1.807) is 34.9 Å². The highest BCUT2D eigenvalue weighted by molar-refractivity contribution is 8.03. The van der Waals surface area contributed by atoms with Gasteiger partial charge < -0.3 is 5.32 Å². The molecule has 0 fully saturated rings. The number of aromatic nitrogens is 2. The first-order chi connectivity index (χ1) is 7.71. The van der Waals surface area contributed by atoms with Crippen molar-refractivity contribution in [3.63, 3.8) is 0 Å². The quantitative estimate of drug-likeness (QED) is 0.776. The van der Waals surface area contributed by atoms with Gasteiger partial charge in [-0.25, -0.2) is 0 Å². The summed E-state index contributed by atoms with van der Waals surface area (Å²) in [5, 5.41) is 11.6. The molecular formula is C10H19N3S3. The molecule has 2 atom stereocenters. The lowest BCUT2D eigenvalue weighted by atomic mass is 10.0. The van der Waals surface area contributed by atoms with Crippen molar-refractivity contribution >= 4 is 34.9 Å². The van der Waals surface area contributed by atoms with E-state index in [4.69, 9.17) is 0 Å². The van der Waals surface area contributed by atoms with Gasteiger partial charge in [0.25, 0.3) is 0 Å². The first-order valence-corrected chi connectivity index (χ1v) is 8.41. The summed E-state index contributed by atoms with van der Waals surface area (Å²) in [6.45, 7) is 4.52. The van der Waals surface area contributed by atoms with E-state index in [0.717, 1.165) is 14.4 Å². The van der Waals surface area contributed by atoms with E-state index in [2.05, 4.69) is 29.4 Å². The zero-order valence-electron chi connectivity index (χ0n) is 10.2. The van der Waals surface area contributed by atoms with Crippen LogP contribution in [0.4, 0.5) is 0 Å². The van der Waals surface area contributed by atoms with Gasteiger partial charge in [0.2, 0.25) is 0 Å². The second kappa shape index (κ2) is 7.53. The van der Waals surface area contributed by atoms with Crippen molar-refractivity contribution in [3.8, 4) is 0 Å². The van der Waals surface area contributed by atoms with Gasteiger partial charge in [0.15, 0.2) is 8.68 Å². The predicted molar refractivity (Wildman–Crippen MR) is 74.7 cm³/mol. The number of rotatable bonds is 7. The topological polar surface area (TPSA) is 37.8 Å². The Morgan fingerprint density at radius 1 is 1.38 bits per heavy atom. The minimum Gasteiger partial charge on any atom is -0.316 e. The molecule has 0 aromatic carbocycles. The van der Waals surface area contributed by atoms with Crippen LogP contribution in [-0.4, -0.2) is 35.3 Å². The van der Waals surface area contributed by atoms with Crippen molar-refractivity contribution in [2.24, 2.45) is 5.92 Å². The fourth-order valence-electron chi connectivity index (χ4n) is 1.32. The van der Waals surface area contributed by atoms with Gasteiger partial charge in [-0.3, -0.25) is 0 Å². The Morgan fingerprint density at radius 2 is 2.06 bits per heavy atom. The lowest BCUT2D eigenvalue weighted by Crippen LogP contribution is -2.34. The monoisotopic (exact) mass is 277 g/mol. The number of nitrogens with one attached hydrogen (secondary N) is 1. The maximum Gasteiger partial charge on any atom is 0.175 e. The number of hydrogen-bond acceptors (Lipinski definition) is 6. The molecule has 0 bridgehead atoms. The van der Waals surface area contributed by atoms with Crippen LogP contribution in [0, 0.1) is 5.92 Å². The Balaban J connectivity index is 2.42. The number of nitrogens with zero attached hydrogens (tertiary/aromatic N) is 2. The number of hydrogen-bond donors (Lipinski definition) is 1. The maximum atomic E-state index is 4.16. The lowest BCUT2D eigenvalue weighted by molar-refractivity contribution is 0.420. The van der Waals surface area contributed by atoms with Gasteiger partial charge in [0.05, 0.1) is 0 Å². The van der Waals surface area contributed by atoms with Crippen LogP contribution in [0.15, 0.2) is 8.68 Å². The summed E-state index contributed by atoms with van der Waals surface area (Å²) in [7, 11) is 2.03. The summed E-state index contributed by atoms with van der Waals surface area (Å²) < 4.78 is 2.12. The van der Waals surface area contributed by atoms with E-state index in [-0.39, 0.29) is 0 Å². The molecule has 0 aliphatic carbocycles. The van der Waals surface area contributed by atoms with E-state index in [1.807, 2.05) is 13.3 Å². The van der Waals surface area contributed by atoms with Crippen molar-refractivity contribution in [1.82, 2.24) is 15.5 Å². The summed E-state index contributed by atoms with van der Waals surface area (Å²) in [5.41, 5.74) is 0. The molecule has 16 heavy (non-hydrogen) atoms. The molecule has 3 nitrogen and oxygen atoms in total. The van der Waals surface area contributed by atoms with Gasteiger partial charge in [-0.15, -0.1) is 10.2 Å². The highest BCUT2D eigenvalue weighted by Crippen LogP contribution is 2.28. The molecule has 0 aliphatic rings. The lowest BCUT2D eigenvalue weighted by Gasteiger charge is -2.21. The molecule has 1 heterocycles. The van der Waals surface area contributed by atoms with Crippen molar-refractivity contribution in [2.45, 2.75) is 35.0 Å². The average Bonchev–Trinajstić information content (AvgIpc) is 2.77. The molecule has 0 spiro atoms. The summed E-state index contributed by atoms with van der Waals surface area (Å²) in [6, 6.07) is 0.552. The van der Waals surface area contributed by atoms with Crippen LogP contribution in [0.2, 0.25) is 0 Å². The fourth-order valence-corrected chi connectivity index (χ4v) is 4.07. The third-order valence-electron chi connectivity index (χ3n) is 2.65. The van der Waals surface area contributed by atoms with Gasteiger partial charge in [-0.2, -0.15) is 0 Å². The molecule has 0 saturated carbocycles. The van der Waals surface area contributed by atoms with E-state index >= 15 is 0 Å². The second-order valence-corrected chi connectivity index (χ2v) is 6.93. The largest absolute Gasteiger partial charge is 0.316 e. The van der Waals surface area contributed by atoms with Crippen LogP contribution in [0.5, 0.6) is 0 Å². The van der Waals surface area contributed by atoms with Crippen LogP contribution in [0.1, 0.15) is 20.3 Å². The third kappa shape index (κ3) is 4.24. The van der Waals surface area contributed by atoms with Crippen LogP contribution >= 0.6 is 34.9 Å². The molecule has 6 heteroatoms. The number of thioether (sulfide) groups is 2. The molecule has 0 aliphatic heterocycles. The van der Waals surface area contributed by atoms with Gasteiger partial charge in [-0.05, 0) is 19.2 Å². The zero-order chi connectivity index (χ0) is 12.0. The Bertz CT molecular complexity index is 303. The van der Waals surface area contributed by atoms with Crippen LogP contribution in [0.25, 0.3) is 0 Å². The molecule has 1 aromatic heterocycles. The van der Waals surface area contributed by atoms with Crippen LogP contribution < -0.4 is 5.32 Å². The highest BCUT2D eigenvalue weighted by Gasteiger charge is 2.15. The predicted octanol–water partition coefficient (Wildman–Crippen LogP) is 2.99. The van der Waals surface area contributed by atoms with Crippen molar-refractivity contribution in [2.75, 3.05) is 19.1 Å². The SMILES string of the molecule is CCC(C)C(CSc1nnc(SC)s1)NC. The van der Waals surface area contributed by atoms with Gasteiger partial charge >= 0.3 is 0 Å². The molecule has 0 amide bonds. The van der Waals surface area contributed by atoms with E-state index in [0.29, 0.717) is 12.0 Å². The highest BCUT2D eigenvalue weighted by atomic mass is 32.2. The Kier molecular flexibility index (Phi) is 6.72. The van der Waals surface area contributed by atoms with Crippen molar-refractivity contribution in [3.05, 3.63) is 0 Å².